The number of methoxy groups -OCH3 is 1. The van der Waals surface area contributed by atoms with Crippen LogP contribution >= 0.6 is 47.2 Å². The third-order valence-electron chi connectivity index (χ3n) is 7.89. The first kappa shape index (κ1) is 32.6. The number of anilines is 1. The van der Waals surface area contributed by atoms with Crippen LogP contribution in [0.25, 0.3) is 17.2 Å². The van der Waals surface area contributed by atoms with Crippen molar-refractivity contribution < 1.29 is 14.3 Å². The third-order valence-corrected chi connectivity index (χ3v) is 9.77. The zero-order valence-corrected chi connectivity index (χ0v) is 29.0. The smallest absolute Gasteiger partial charge is 0.332 e. The number of amides is 1. The SMILES string of the molecule is COc1cc(C=C2SC(=S)N(c3ccc(C)c(C)c3)C2=O)ccc1Oc1nc2c(c(=O)n(C)c(=O)n2C)n1Cc1ccc(Cl)cc1Cl. The summed E-state index contributed by atoms with van der Waals surface area (Å²) in [4.78, 5) is 46.0. The highest BCUT2D eigenvalue weighted by Gasteiger charge is 2.33. The second-order valence-corrected chi connectivity index (χ2v) is 13.4. The van der Waals surface area contributed by atoms with Gasteiger partial charge in [0.15, 0.2) is 27.0 Å². The molecule has 3 aromatic carbocycles. The van der Waals surface area contributed by atoms with E-state index in [-0.39, 0.29) is 35.4 Å². The van der Waals surface area contributed by atoms with E-state index in [1.165, 1.54) is 42.4 Å². The summed E-state index contributed by atoms with van der Waals surface area (Å²) < 4.78 is 16.2. The molecule has 240 valence electrons. The number of halogens is 2. The molecule has 0 saturated carbocycles. The van der Waals surface area contributed by atoms with E-state index in [2.05, 4.69) is 4.98 Å². The highest BCUT2D eigenvalue weighted by molar-refractivity contribution is 8.27. The predicted molar refractivity (Wildman–Crippen MR) is 190 cm³/mol. The number of benzene rings is 3. The summed E-state index contributed by atoms with van der Waals surface area (Å²) in [5.74, 6) is 0.408. The van der Waals surface area contributed by atoms with Gasteiger partial charge in [0.25, 0.3) is 11.5 Å². The fourth-order valence-electron chi connectivity index (χ4n) is 5.13. The first-order chi connectivity index (χ1) is 22.4. The summed E-state index contributed by atoms with van der Waals surface area (Å²) in [7, 11) is 4.41. The second kappa shape index (κ2) is 12.7. The maximum atomic E-state index is 13.4. The monoisotopic (exact) mass is 707 g/mol. The van der Waals surface area contributed by atoms with Crippen LogP contribution in [-0.4, -0.2) is 36.0 Å². The van der Waals surface area contributed by atoms with Gasteiger partial charge in [-0.2, -0.15) is 4.98 Å². The first-order valence-electron chi connectivity index (χ1n) is 14.2. The highest BCUT2D eigenvalue weighted by atomic mass is 35.5. The van der Waals surface area contributed by atoms with Crippen LogP contribution in [0.15, 0.2) is 69.1 Å². The summed E-state index contributed by atoms with van der Waals surface area (Å²) in [6, 6.07) is 16.0. The minimum Gasteiger partial charge on any atom is -0.493 e. The number of imidazole rings is 1. The van der Waals surface area contributed by atoms with Gasteiger partial charge in [0.2, 0.25) is 0 Å². The van der Waals surface area contributed by atoms with Gasteiger partial charge in [0.1, 0.15) is 0 Å². The Kier molecular flexibility index (Phi) is 8.79. The number of aryl methyl sites for hydroxylation is 3. The maximum Gasteiger partial charge on any atom is 0.332 e. The molecular formula is C33H27Cl2N5O5S2. The molecule has 1 aliphatic rings. The number of hydrogen-bond donors (Lipinski definition) is 0. The molecule has 1 aliphatic heterocycles. The molecule has 6 rings (SSSR count). The van der Waals surface area contributed by atoms with Gasteiger partial charge in [-0.25, -0.2) is 4.79 Å². The number of ether oxygens (including phenoxy) is 2. The number of carbonyl (C=O) groups excluding carboxylic acids is 1. The van der Waals surface area contributed by atoms with Crippen molar-refractivity contribution in [2.24, 2.45) is 14.1 Å². The van der Waals surface area contributed by atoms with Crippen molar-refractivity contribution in [1.29, 1.82) is 0 Å². The number of rotatable bonds is 7. The van der Waals surface area contributed by atoms with Crippen LogP contribution in [0.2, 0.25) is 10.0 Å². The van der Waals surface area contributed by atoms with Gasteiger partial charge in [-0.3, -0.25) is 28.2 Å². The van der Waals surface area contributed by atoms with Crippen LogP contribution in [0.3, 0.4) is 0 Å². The summed E-state index contributed by atoms with van der Waals surface area (Å²) >= 11 is 19.4. The van der Waals surface area contributed by atoms with E-state index >= 15 is 0 Å². The first-order valence-corrected chi connectivity index (χ1v) is 16.2. The zero-order chi connectivity index (χ0) is 33.7. The lowest BCUT2D eigenvalue weighted by atomic mass is 10.1. The van der Waals surface area contributed by atoms with Crippen molar-refractivity contribution in [2.75, 3.05) is 12.0 Å². The lowest BCUT2D eigenvalue weighted by Gasteiger charge is -2.16. The molecule has 0 aliphatic carbocycles. The molecule has 14 heteroatoms. The topological polar surface area (TPSA) is 101 Å². The van der Waals surface area contributed by atoms with Crippen molar-refractivity contribution in [2.45, 2.75) is 20.4 Å². The molecule has 1 saturated heterocycles. The van der Waals surface area contributed by atoms with E-state index in [9.17, 15) is 14.4 Å². The van der Waals surface area contributed by atoms with Gasteiger partial charge in [-0.15, -0.1) is 0 Å². The Morgan fingerprint density at radius 3 is 2.40 bits per heavy atom. The van der Waals surface area contributed by atoms with Crippen molar-refractivity contribution in [1.82, 2.24) is 18.7 Å². The van der Waals surface area contributed by atoms with E-state index in [4.69, 9.17) is 44.9 Å². The van der Waals surface area contributed by atoms with E-state index < -0.39 is 11.2 Å². The highest BCUT2D eigenvalue weighted by Crippen LogP contribution is 2.39. The lowest BCUT2D eigenvalue weighted by molar-refractivity contribution is -0.113. The molecule has 0 bridgehead atoms. The summed E-state index contributed by atoms with van der Waals surface area (Å²) in [5.41, 5.74) is 3.44. The number of carbonyl (C=O) groups is 1. The molecular weight excluding hydrogens is 681 g/mol. The minimum atomic E-state index is -0.545. The van der Waals surface area contributed by atoms with Crippen molar-refractivity contribution in [3.63, 3.8) is 0 Å². The van der Waals surface area contributed by atoms with Gasteiger partial charge in [-0.1, -0.05) is 65.4 Å². The Morgan fingerprint density at radius 2 is 1.70 bits per heavy atom. The third kappa shape index (κ3) is 5.98. The number of nitrogens with zero attached hydrogens (tertiary/aromatic N) is 5. The Balaban J connectivity index is 1.38. The van der Waals surface area contributed by atoms with Crippen LogP contribution in [-0.2, 0) is 25.4 Å². The van der Waals surface area contributed by atoms with E-state index in [0.29, 0.717) is 36.1 Å². The Morgan fingerprint density at radius 1 is 0.936 bits per heavy atom. The van der Waals surface area contributed by atoms with Crippen molar-refractivity contribution >= 4 is 80.3 Å². The van der Waals surface area contributed by atoms with Crippen LogP contribution in [0.5, 0.6) is 17.5 Å². The van der Waals surface area contributed by atoms with Gasteiger partial charge in [-0.05, 0) is 78.6 Å². The Hall–Kier alpha value is -4.36. The normalized spacial score (nSPS) is 14.1. The number of aromatic nitrogens is 4. The lowest BCUT2D eigenvalue weighted by Crippen LogP contribution is -2.37. The number of thiocarbonyl (C=S) groups is 1. The number of hydrogen-bond acceptors (Lipinski definition) is 8. The Labute approximate surface area is 288 Å². The molecule has 0 N–H and O–H groups in total. The van der Waals surface area contributed by atoms with Crippen molar-refractivity contribution in [3.8, 4) is 17.5 Å². The van der Waals surface area contributed by atoms with Crippen LogP contribution < -0.4 is 25.6 Å². The largest absolute Gasteiger partial charge is 0.493 e. The van der Waals surface area contributed by atoms with Gasteiger partial charge in [0.05, 0.1) is 24.2 Å². The molecule has 10 nitrogen and oxygen atoms in total. The molecule has 5 aromatic rings. The molecule has 47 heavy (non-hydrogen) atoms. The van der Waals surface area contributed by atoms with E-state index in [1.807, 2.05) is 32.0 Å². The summed E-state index contributed by atoms with van der Waals surface area (Å²) in [6.45, 7) is 4.10. The maximum absolute atomic E-state index is 13.4. The zero-order valence-electron chi connectivity index (χ0n) is 25.8. The average Bonchev–Trinajstić information content (AvgIpc) is 3.53. The van der Waals surface area contributed by atoms with E-state index in [0.717, 1.165) is 21.4 Å². The molecule has 1 amide bonds. The fourth-order valence-corrected chi connectivity index (χ4v) is 6.90. The predicted octanol–water partition coefficient (Wildman–Crippen LogP) is 6.61. The Bertz CT molecular complexity index is 2290. The van der Waals surface area contributed by atoms with Gasteiger partial charge in [0, 0.05) is 24.1 Å². The quantitative estimate of drug-likeness (QED) is 0.138. The van der Waals surface area contributed by atoms with E-state index in [1.54, 1.807) is 47.0 Å². The number of thioether (sulfide) groups is 1. The average molecular weight is 709 g/mol. The summed E-state index contributed by atoms with van der Waals surface area (Å²) in [5, 5.41) is 0.845. The molecule has 1 fully saturated rings. The standard InChI is InChI=1S/C33H27Cl2N5O5S2/c1-17-6-10-22(12-18(17)2)40-29(41)26(47-33(40)46)14-19-7-11-24(25(13-19)44-5)45-31-36-28-27(30(42)38(4)32(43)37(28)3)39(31)16-20-8-9-21(34)15-23(20)35/h6-15H,16H2,1-5H3. The molecule has 0 radical (unpaired) electrons. The minimum absolute atomic E-state index is 0.0321. The van der Waals surface area contributed by atoms with Crippen LogP contribution in [0, 0.1) is 13.8 Å². The van der Waals surface area contributed by atoms with Crippen molar-refractivity contribution in [3.05, 3.63) is 113 Å². The second-order valence-electron chi connectivity index (χ2n) is 10.9. The van der Waals surface area contributed by atoms with Gasteiger partial charge >= 0.3 is 11.7 Å². The molecule has 0 spiro atoms. The fraction of sp³-hybridized carbons (Fsp3) is 0.182. The van der Waals surface area contributed by atoms with Crippen LogP contribution in [0.1, 0.15) is 22.3 Å². The number of fused-ring (bicyclic) bond motifs is 1. The molecule has 0 atom stereocenters. The molecule has 3 heterocycles. The van der Waals surface area contributed by atoms with Crippen LogP contribution in [0.4, 0.5) is 5.69 Å². The summed E-state index contributed by atoms with van der Waals surface area (Å²) in [6.07, 6.45) is 1.74. The molecule has 2 aromatic heterocycles. The molecule has 0 unspecified atom stereocenters. The van der Waals surface area contributed by atoms with Gasteiger partial charge < -0.3 is 9.47 Å².